The van der Waals surface area contributed by atoms with E-state index in [4.69, 9.17) is 4.99 Å². The van der Waals surface area contributed by atoms with Gasteiger partial charge >= 0.3 is 0 Å². The highest BCUT2D eigenvalue weighted by molar-refractivity contribution is 5.80. The zero-order valence-corrected chi connectivity index (χ0v) is 15.0. The van der Waals surface area contributed by atoms with Crippen molar-refractivity contribution in [3.05, 3.63) is 12.2 Å². The SMILES string of the molecule is CCNC(=NCCN(C)C1CCCC1)NC1CCc2ncnn2C1. The Labute approximate surface area is 144 Å². The fourth-order valence-corrected chi connectivity index (χ4v) is 3.72. The lowest BCUT2D eigenvalue weighted by Gasteiger charge is -2.26. The van der Waals surface area contributed by atoms with E-state index in [1.54, 1.807) is 6.33 Å². The summed E-state index contributed by atoms with van der Waals surface area (Å²) >= 11 is 0. The molecule has 0 aromatic carbocycles. The Balaban J connectivity index is 1.48. The Kier molecular flexibility index (Phi) is 6.07. The van der Waals surface area contributed by atoms with Crippen LogP contribution < -0.4 is 10.6 Å². The lowest BCUT2D eigenvalue weighted by atomic mass is 10.1. The van der Waals surface area contributed by atoms with E-state index in [0.717, 1.165) is 56.8 Å². The molecule has 1 aliphatic heterocycles. The first kappa shape index (κ1) is 17.2. The van der Waals surface area contributed by atoms with Crippen molar-refractivity contribution >= 4 is 5.96 Å². The highest BCUT2D eigenvalue weighted by Gasteiger charge is 2.21. The normalized spacial score (nSPS) is 22.0. The molecule has 0 amide bonds. The number of hydrogen-bond acceptors (Lipinski definition) is 4. The number of guanidine groups is 1. The van der Waals surface area contributed by atoms with Crippen molar-refractivity contribution in [3.63, 3.8) is 0 Å². The van der Waals surface area contributed by atoms with E-state index in [-0.39, 0.29) is 0 Å². The average Bonchev–Trinajstić information content (AvgIpc) is 3.26. The van der Waals surface area contributed by atoms with Crippen LogP contribution in [0.1, 0.15) is 44.9 Å². The van der Waals surface area contributed by atoms with Crippen molar-refractivity contribution in [3.8, 4) is 0 Å². The summed E-state index contributed by atoms with van der Waals surface area (Å²) in [4.78, 5) is 11.5. The molecule has 1 aliphatic carbocycles. The van der Waals surface area contributed by atoms with Gasteiger partial charge < -0.3 is 15.5 Å². The molecule has 1 atom stereocenters. The summed E-state index contributed by atoms with van der Waals surface area (Å²) in [5.41, 5.74) is 0. The van der Waals surface area contributed by atoms with Crippen LogP contribution in [0.15, 0.2) is 11.3 Å². The molecule has 7 heteroatoms. The third-order valence-electron chi connectivity index (χ3n) is 5.16. The number of likely N-dealkylation sites (N-methyl/N-ethyl adjacent to an activating group) is 1. The minimum atomic E-state index is 0.365. The fourth-order valence-electron chi connectivity index (χ4n) is 3.72. The summed E-state index contributed by atoms with van der Waals surface area (Å²) in [5, 5.41) is 11.2. The van der Waals surface area contributed by atoms with E-state index in [1.807, 2.05) is 4.68 Å². The van der Waals surface area contributed by atoms with Gasteiger partial charge in [0.05, 0.1) is 13.1 Å². The Morgan fingerprint density at radius 3 is 3.00 bits per heavy atom. The number of aromatic nitrogens is 3. The lowest BCUT2D eigenvalue weighted by molar-refractivity contribution is 0.252. The molecule has 2 heterocycles. The van der Waals surface area contributed by atoms with Gasteiger partial charge in [-0.15, -0.1) is 0 Å². The van der Waals surface area contributed by atoms with Gasteiger partial charge in [-0.2, -0.15) is 5.10 Å². The quantitative estimate of drug-likeness (QED) is 0.601. The van der Waals surface area contributed by atoms with E-state index in [1.165, 1.54) is 25.7 Å². The van der Waals surface area contributed by atoms with Crippen molar-refractivity contribution in [2.24, 2.45) is 4.99 Å². The number of hydrogen-bond donors (Lipinski definition) is 2. The maximum Gasteiger partial charge on any atom is 0.191 e. The molecule has 2 N–H and O–H groups in total. The molecule has 0 saturated heterocycles. The Morgan fingerprint density at radius 1 is 1.38 bits per heavy atom. The van der Waals surface area contributed by atoms with E-state index in [2.05, 4.69) is 39.6 Å². The van der Waals surface area contributed by atoms with Crippen LogP contribution in [0.25, 0.3) is 0 Å². The average molecular weight is 333 g/mol. The predicted molar refractivity (Wildman–Crippen MR) is 96.1 cm³/mol. The molecular formula is C17H31N7. The summed E-state index contributed by atoms with van der Waals surface area (Å²) in [6.45, 7) is 5.72. The monoisotopic (exact) mass is 333 g/mol. The van der Waals surface area contributed by atoms with Crippen molar-refractivity contribution in [2.75, 3.05) is 26.7 Å². The second-order valence-corrected chi connectivity index (χ2v) is 6.92. The molecule has 1 aromatic heterocycles. The highest BCUT2D eigenvalue weighted by Crippen LogP contribution is 2.21. The molecule has 1 aromatic rings. The van der Waals surface area contributed by atoms with Crippen LogP contribution in [0.2, 0.25) is 0 Å². The van der Waals surface area contributed by atoms with Crippen LogP contribution in [-0.4, -0.2) is 64.4 Å². The number of fused-ring (bicyclic) bond motifs is 1. The Hall–Kier alpha value is -1.63. The van der Waals surface area contributed by atoms with Crippen molar-refractivity contribution in [1.82, 2.24) is 30.3 Å². The van der Waals surface area contributed by atoms with Crippen LogP contribution in [0.4, 0.5) is 0 Å². The largest absolute Gasteiger partial charge is 0.357 e. The van der Waals surface area contributed by atoms with E-state index in [9.17, 15) is 0 Å². The molecule has 1 unspecified atom stereocenters. The number of rotatable bonds is 6. The second-order valence-electron chi connectivity index (χ2n) is 6.92. The summed E-state index contributed by atoms with van der Waals surface area (Å²) < 4.78 is 2.00. The predicted octanol–water partition coefficient (Wildman–Crippen LogP) is 1.02. The van der Waals surface area contributed by atoms with Crippen LogP contribution >= 0.6 is 0 Å². The standard InChI is InChI=1S/C17H31N7/c1-3-18-17(19-10-11-23(2)15-6-4-5-7-15)22-14-8-9-16-20-13-21-24(16)12-14/h13-15H,3-12H2,1-2H3,(H2,18,19,22). The van der Waals surface area contributed by atoms with Gasteiger partial charge in [-0.05, 0) is 33.2 Å². The topological polar surface area (TPSA) is 70.4 Å². The minimum absolute atomic E-state index is 0.365. The van der Waals surface area contributed by atoms with Gasteiger partial charge in [0.15, 0.2) is 5.96 Å². The van der Waals surface area contributed by atoms with Crippen LogP contribution in [0.3, 0.4) is 0 Å². The van der Waals surface area contributed by atoms with Gasteiger partial charge in [-0.1, -0.05) is 12.8 Å². The number of aryl methyl sites for hydroxylation is 1. The molecule has 1 saturated carbocycles. The first-order valence-corrected chi connectivity index (χ1v) is 9.38. The third kappa shape index (κ3) is 4.47. The minimum Gasteiger partial charge on any atom is -0.357 e. The lowest BCUT2D eigenvalue weighted by Crippen LogP contribution is -2.47. The molecule has 7 nitrogen and oxygen atoms in total. The van der Waals surface area contributed by atoms with Gasteiger partial charge in [0.2, 0.25) is 0 Å². The second kappa shape index (κ2) is 8.46. The third-order valence-corrected chi connectivity index (χ3v) is 5.16. The maximum absolute atomic E-state index is 4.77. The van der Waals surface area contributed by atoms with Gasteiger partial charge in [-0.3, -0.25) is 4.99 Å². The Morgan fingerprint density at radius 2 is 2.21 bits per heavy atom. The van der Waals surface area contributed by atoms with Gasteiger partial charge in [0.25, 0.3) is 0 Å². The van der Waals surface area contributed by atoms with Gasteiger partial charge in [0.1, 0.15) is 12.2 Å². The van der Waals surface area contributed by atoms with Crippen molar-refractivity contribution < 1.29 is 0 Å². The van der Waals surface area contributed by atoms with Crippen LogP contribution in [0.5, 0.6) is 0 Å². The smallest absolute Gasteiger partial charge is 0.191 e. The van der Waals surface area contributed by atoms with Crippen molar-refractivity contribution in [2.45, 2.75) is 64.1 Å². The van der Waals surface area contributed by atoms with Gasteiger partial charge in [0, 0.05) is 31.6 Å². The zero-order valence-electron chi connectivity index (χ0n) is 15.0. The first-order chi connectivity index (χ1) is 11.8. The Bertz CT molecular complexity index is 533. The summed E-state index contributed by atoms with van der Waals surface area (Å²) in [6.07, 6.45) is 9.16. The first-order valence-electron chi connectivity index (χ1n) is 9.38. The molecule has 0 spiro atoms. The van der Waals surface area contributed by atoms with Crippen LogP contribution in [0, 0.1) is 0 Å². The van der Waals surface area contributed by atoms with E-state index >= 15 is 0 Å². The summed E-state index contributed by atoms with van der Waals surface area (Å²) in [7, 11) is 2.24. The van der Waals surface area contributed by atoms with E-state index < -0.39 is 0 Å². The number of aliphatic imine (C=N–C) groups is 1. The molecule has 3 rings (SSSR count). The summed E-state index contributed by atoms with van der Waals surface area (Å²) in [5.74, 6) is 2.01. The van der Waals surface area contributed by atoms with Crippen LogP contribution in [-0.2, 0) is 13.0 Å². The van der Waals surface area contributed by atoms with Crippen molar-refractivity contribution in [1.29, 1.82) is 0 Å². The molecule has 134 valence electrons. The molecule has 2 aliphatic rings. The molecule has 0 bridgehead atoms. The summed E-state index contributed by atoms with van der Waals surface area (Å²) in [6, 6.07) is 1.13. The highest BCUT2D eigenvalue weighted by atomic mass is 15.4. The maximum atomic E-state index is 4.77. The van der Waals surface area contributed by atoms with Gasteiger partial charge in [-0.25, -0.2) is 9.67 Å². The molecule has 1 fully saturated rings. The number of nitrogens with one attached hydrogen (secondary N) is 2. The fraction of sp³-hybridized carbons (Fsp3) is 0.824. The molecule has 0 radical (unpaired) electrons. The molecule has 24 heavy (non-hydrogen) atoms. The number of nitrogens with zero attached hydrogens (tertiary/aromatic N) is 5. The zero-order chi connectivity index (χ0) is 16.8. The van der Waals surface area contributed by atoms with E-state index in [0.29, 0.717) is 6.04 Å². The molecular weight excluding hydrogens is 302 g/mol.